The summed E-state index contributed by atoms with van der Waals surface area (Å²) in [4.78, 5) is 19.0. The van der Waals surface area contributed by atoms with Gasteiger partial charge in [0.25, 0.3) is 0 Å². The third kappa shape index (κ3) is 4.03. The van der Waals surface area contributed by atoms with Crippen LogP contribution in [0.5, 0.6) is 0 Å². The molecule has 104 valence electrons. The molecule has 1 unspecified atom stereocenters. The van der Waals surface area contributed by atoms with E-state index in [0.29, 0.717) is 13.0 Å². The normalized spacial score (nSPS) is 19.5. The van der Waals surface area contributed by atoms with Crippen molar-refractivity contribution in [2.24, 2.45) is 5.90 Å². The van der Waals surface area contributed by atoms with E-state index < -0.39 is 0 Å². The van der Waals surface area contributed by atoms with Crippen LogP contribution in [0, 0.1) is 0 Å². The lowest BCUT2D eigenvalue weighted by atomic mass is 10.0. The summed E-state index contributed by atoms with van der Waals surface area (Å²) in [6.45, 7) is 1.23. The van der Waals surface area contributed by atoms with Crippen LogP contribution in [-0.4, -0.2) is 30.0 Å². The van der Waals surface area contributed by atoms with Crippen LogP contribution in [0.3, 0.4) is 0 Å². The second-order valence-corrected chi connectivity index (χ2v) is 5.79. The van der Waals surface area contributed by atoms with Crippen molar-refractivity contribution in [3.63, 3.8) is 0 Å². The number of rotatable bonds is 4. The molecule has 0 saturated carbocycles. The number of nitrogens with zero attached hydrogens (tertiary/aromatic N) is 1. The number of hydrogen-bond acceptors (Lipinski definition) is 3. The number of carbonyl (C=O) groups excluding carboxylic acids is 1. The second kappa shape index (κ2) is 7.03. The van der Waals surface area contributed by atoms with Crippen molar-refractivity contribution in [3.05, 3.63) is 34.3 Å². The van der Waals surface area contributed by atoms with Crippen molar-refractivity contribution in [1.82, 2.24) is 4.90 Å². The van der Waals surface area contributed by atoms with Gasteiger partial charge in [-0.1, -0.05) is 28.1 Å². The van der Waals surface area contributed by atoms with Crippen LogP contribution >= 0.6 is 15.9 Å². The number of carbonyl (C=O) groups is 1. The molecule has 1 aromatic rings. The van der Waals surface area contributed by atoms with Gasteiger partial charge in [0, 0.05) is 11.0 Å². The molecule has 1 aliphatic rings. The third-order valence-corrected chi connectivity index (χ3v) is 3.97. The van der Waals surface area contributed by atoms with Gasteiger partial charge < -0.3 is 9.74 Å². The van der Waals surface area contributed by atoms with Gasteiger partial charge in [0.05, 0.1) is 19.1 Å². The van der Waals surface area contributed by atoms with E-state index in [1.165, 1.54) is 0 Å². The minimum atomic E-state index is 0.124. The summed E-state index contributed by atoms with van der Waals surface area (Å²) < 4.78 is 0.998. The van der Waals surface area contributed by atoms with Crippen LogP contribution in [-0.2, 0) is 16.1 Å². The van der Waals surface area contributed by atoms with E-state index in [2.05, 4.69) is 15.9 Å². The van der Waals surface area contributed by atoms with Gasteiger partial charge in [-0.15, -0.1) is 0 Å². The highest BCUT2D eigenvalue weighted by Gasteiger charge is 2.26. The number of benzene rings is 1. The van der Waals surface area contributed by atoms with E-state index in [1.807, 2.05) is 29.2 Å². The summed E-state index contributed by atoms with van der Waals surface area (Å²) in [6.07, 6.45) is 3.60. The first-order valence-electron chi connectivity index (χ1n) is 6.56. The predicted molar refractivity (Wildman–Crippen MR) is 77.3 cm³/mol. The molecular weight excluding hydrogens is 308 g/mol. The zero-order chi connectivity index (χ0) is 13.7. The summed E-state index contributed by atoms with van der Waals surface area (Å²) in [5.41, 5.74) is 1.03. The minimum Gasteiger partial charge on any atom is -0.337 e. The van der Waals surface area contributed by atoms with Crippen LogP contribution in [0.1, 0.15) is 24.8 Å². The fourth-order valence-corrected chi connectivity index (χ4v) is 2.98. The Bertz CT molecular complexity index is 437. The molecule has 0 spiro atoms. The molecule has 2 N–H and O–H groups in total. The van der Waals surface area contributed by atoms with Gasteiger partial charge >= 0.3 is 0 Å². The topological polar surface area (TPSA) is 55.6 Å². The molecule has 19 heavy (non-hydrogen) atoms. The van der Waals surface area contributed by atoms with Gasteiger partial charge in [-0.25, -0.2) is 5.90 Å². The quantitative estimate of drug-likeness (QED) is 0.863. The minimum absolute atomic E-state index is 0.124. The molecule has 0 bridgehead atoms. The summed E-state index contributed by atoms with van der Waals surface area (Å²) in [7, 11) is 0. The molecule has 0 aliphatic carbocycles. The fraction of sp³-hybridized carbons (Fsp3) is 0.500. The Morgan fingerprint density at radius 2 is 2.32 bits per heavy atom. The number of nitrogens with two attached hydrogens (primary N) is 1. The Hall–Kier alpha value is -0.910. The van der Waals surface area contributed by atoms with Crippen molar-refractivity contribution in [3.8, 4) is 0 Å². The maximum atomic E-state index is 12.4. The van der Waals surface area contributed by atoms with E-state index >= 15 is 0 Å². The summed E-state index contributed by atoms with van der Waals surface area (Å²) >= 11 is 3.42. The van der Waals surface area contributed by atoms with Crippen molar-refractivity contribution in [2.75, 3.05) is 13.2 Å². The maximum absolute atomic E-state index is 12.4. The average molecular weight is 327 g/mol. The molecule has 5 heteroatoms. The molecule has 1 aliphatic heterocycles. The Morgan fingerprint density at radius 3 is 3.05 bits per heavy atom. The molecule has 1 heterocycles. The molecule has 1 atom stereocenters. The number of piperidine rings is 1. The molecule has 0 aromatic heterocycles. The monoisotopic (exact) mass is 326 g/mol. The number of hydrogen-bond donors (Lipinski definition) is 1. The fourth-order valence-electron chi connectivity index (χ4n) is 2.54. The highest BCUT2D eigenvalue weighted by atomic mass is 79.9. The van der Waals surface area contributed by atoms with Crippen LogP contribution < -0.4 is 5.90 Å². The average Bonchev–Trinajstić information content (AvgIpc) is 2.39. The highest BCUT2D eigenvalue weighted by Crippen LogP contribution is 2.19. The Morgan fingerprint density at radius 1 is 1.47 bits per heavy atom. The van der Waals surface area contributed by atoms with E-state index in [4.69, 9.17) is 10.7 Å². The SMILES string of the molecule is NOCC1CCCCN1C(=O)Cc1cccc(Br)c1. The molecule has 1 amide bonds. The molecule has 0 radical (unpaired) electrons. The van der Waals surface area contributed by atoms with Crippen molar-refractivity contribution in [2.45, 2.75) is 31.7 Å². The van der Waals surface area contributed by atoms with Gasteiger partial charge in [0.2, 0.25) is 5.91 Å². The first kappa shape index (κ1) is 14.5. The van der Waals surface area contributed by atoms with E-state index in [0.717, 1.165) is 35.8 Å². The van der Waals surface area contributed by atoms with Gasteiger partial charge in [-0.05, 0) is 37.0 Å². The van der Waals surface area contributed by atoms with Crippen molar-refractivity contribution in [1.29, 1.82) is 0 Å². The predicted octanol–water partition coefficient (Wildman–Crippen LogP) is 2.26. The van der Waals surface area contributed by atoms with Gasteiger partial charge in [0.15, 0.2) is 0 Å². The summed E-state index contributed by atoms with van der Waals surface area (Å²) in [5, 5.41) is 0. The van der Waals surface area contributed by atoms with Crippen molar-refractivity contribution >= 4 is 21.8 Å². The molecular formula is C14H19BrN2O2. The number of amides is 1. The maximum Gasteiger partial charge on any atom is 0.227 e. The summed E-state index contributed by atoms with van der Waals surface area (Å²) in [5.74, 6) is 5.30. The van der Waals surface area contributed by atoms with Crippen LogP contribution in [0.4, 0.5) is 0 Å². The standard InChI is InChI=1S/C14H19BrN2O2/c15-12-5-3-4-11(8-12)9-14(18)17-7-2-1-6-13(17)10-19-16/h3-5,8,13H,1-2,6-7,9-10,16H2. The lowest BCUT2D eigenvalue weighted by molar-refractivity contribution is -0.135. The molecule has 1 aromatic carbocycles. The molecule has 1 saturated heterocycles. The zero-order valence-corrected chi connectivity index (χ0v) is 12.4. The first-order chi connectivity index (χ1) is 9.20. The van der Waals surface area contributed by atoms with Crippen LogP contribution in [0.25, 0.3) is 0 Å². The van der Waals surface area contributed by atoms with E-state index in [1.54, 1.807) is 0 Å². The number of halogens is 1. The molecule has 4 nitrogen and oxygen atoms in total. The third-order valence-electron chi connectivity index (χ3n) is 3.48. The highest BCUT2D eigenvalue weighted by molar-refractivity contribution is 9.10. The number of likely N-dealkylation sites (tertiary alicyclic amines) is 1. The molecule has 1 fully saturated rings. The Labute approximate surface area is 122 Å². The van der Waals surface area contributed by atoms with Gasteiger partial charge in [-0.2, -0.15) is 0 Å². The van der Waals surface area contributed by atoms with Crippen LogP contribution in [0.2, 0.25) is 0 Å². The zero-order valence-electron chi connectivity index (χ0n) is 10.8. The summed E-state index contributed by atoms with van der Waals surface area (Å²) in [6, 6.07) is 7.99. The van der Waals surface area contributed by atoms with Crippen LogP contribution in [0.15, 0.2) is 28.7 Å². The Kier molecular flexibility index (Phi) is 5.36. The van der Waals surface area contributed by atoms with Gasteiger partial charge in [0.1, 0.15) is 0 Å². The second-order valence-electron chi connectivity index (χ2n) is 4.88. The van der Waals surface area contributed by atoms with Crippen molar-refractivity contribution < 1.29 is 9.63 Å². The van der Waals surface area contributed by atoms with E-state index in [-0.39, 0.29) is 11.9 Å². The van der Waals surface area contributed by atoms with Gasteiger partial charge in [-0.3, -0.25) is 4.79 Å². The molecule has 2 rings (SSSR count). The largest absolute Gasteiger partial charge is 0.337 e. The lowest BCUT2D eigenvalue weighted by Gasteiger charge is -2.35. The Balaban J connectivity index is 2.01. The smallest absolute Gasteiger partial charge is 0.227 e. The first-order valence-corrected chi connectivity index (χ1v) is 7.35. The lowest BCUT2D eigenvalue weighted by Crippen LogP contribution is -2.47. The van der Waals surface area contributed by atoms with E-state index in [9.17, 15) is 4.79 Å².